The molecule has 1 N–H and O–H groups in total. The Morgan fingerprint density at radius 2 is 1.68 bits per heavy atom. The van der Waals surface area contributed by atoms with E-state index in [1.165, 1.54) is 56.9 Å². The van der Waals surface area contributed by atoms with E-state index in [0.717, 1.165) is 11.5 Å². The van der Waals surface area contributed by atoms with Crippen molar-refractivity contribution < 1.29 is 4.42 Å². The Kier molecular flexibility index (Phi) is 7.88. The molecule has 0 saturated heterocycles. The zero-order chi connectivity index (χ0) is 14.1. The third-order valence-corrected chi connectivity index (χ3v) is 3.90. The van der Waals surface area contributed by atoms with Gasteiger partial charge in [-0.05, 0) is 33.4 Å². The first-order valence-corrected chi connectivity index (χ1v) is 7.93. The van der Waals surface area contributed by atoms with E-state index in [4.69, 9.17) is 4.42 Å². The van der Waals surface area contributed by atoms with Crippen LogP contribution in [0.1, 0.15) is 81.4 Å². The smallest absolute Gasteiger partial charge is 0.105 e. The van der Waals surface area contributed by atoms with Crippen molar-refractivity contribution in [1.29, 1.82) is 0 Å². The number of rotatable bonds is 10. The minimum absolute atomic E-state index is 0.452. The van der Waals surface area contributed by atoms with Gasteiger partial charge in [-0.1, -0.05) is 51.9 Å². The van der Waals surface area contributed by atoms with Gasteiger partial charge in [0.15, 0.2) is 0 Å². The van der Waals surface area contributed by atoms with Crippen molar-refractivity contribution in [2.45, 2.75) is 78.2 Å². The lowest BCUT2D eigenvalue weighted by Gasteiger charge is -2.15. The molecule has 110 valence electrons. The molecular formula is C17H31NO. The second-order valence-electron chi connectivity index (χ2n) is 5.62. The molecule has 1 heterocycles. The van der Waals surface area contributed by atoms with E-state index in [1.54, 1.807) is 0 Å². The lowest BCUT2D eigenvalue weighted by atomic mass is 10.00. The van der Waals surface area contributed by atoms with Crippen LogP contribution >= 0.6 is 0 Å². The summed E-state index contributed by atoms with van der Waals surface area (Å²) in [6.45, 7) is 6.36. The Hall–Kier alpha value is -0.760. The lowest BCUT2D eigenvalue weighted by Crippen LogP contribution is -2.16. The van der Waals surface area contributed by atoms with Crippen LogP contribution < -0.4 is 5.32 Å². The minimum atomic E-state index is 0.452. The van der Waals surface area contributed by atoms with Crippen molar-refractivity contribution in [2.24, 2.45) is 0 Å². The van der Waals surface area contributed by atoms with Gasteiger partial charge in [0.1, 0.15) is 11.5 Å². The maximum Gasteiger partial charge on any atom is 0.105 e. The minimum Gasteiger partial charge on any atom is -0.466 e. The van der Waals surface area contributed by atoms with Crippen molar-refractivity contribution >= 4 is 0 Å². The van der Waals surface area contributed by atoms with Gasteiger partial charge in [0.2, 0.25) is 0 Å². The van der Waals surface area contributed by atoms with Crippen molar-refractivity contribution in [3.63, 3.8) is 0 Å². The van der Waals surface area contributed by atoms with Gasteiger partial charge in [0.25, 0.3) is 0 Å². The fourth-order valence-corrected chi connectivity index (χ4v) is 2.76. The van der Waals surface area contributed by atoms with Gasteiger partial charge < -0.3 is 9.73 Å². The second-order valence-corrected chi connectivity index (χ2v) is 5.62. The fraction of sp³-hybridized carbons (Fsp3) is 0.765. The van der Waals surface area contributed by atoms with Crippen LogP contribution in [0.4, 0.5) is 0 Å². The Labute approximate surface area is 119 Å². The van der Waals surface area contributed by atoms with E-state index in [1.807, 2.05) is 14.0 Å². The Morgan fingerprint density at radius 3 is 2.21 bits per heavy atom. The molecule has 0 bridgehead atoms. The van der Waals surface area contributed by atoms with Crippen LogP contribution in [0.15, 0.2) is 10.5 Å². The molecule has 0 spiro atoms. The molecule has 0 radical (unpaired) electrons. The standard InChI is InChI=1S/C17H31NO/c1-5-6-7-8-9-10-11-12-17(18-4)16-13-14(2)19-15(16)3/h13,17-18H,5-12H2,1-4H3. The molecule has 0 amide bonds. The molecular weight excluding hydrogens is 234 g/mol. The summed E-state index contributed by atoms with van der Waals surface area (Å²) in [6, 6.07) is 2.63. The largest absolute Gasteiger partial charge is 0.466 e. The summed E-state index contributed by atoms with van der Waals surface area (Å²) >= 11 is 0. The number of hydrogen-bond acceptors (Lipinski definition) is 2. The van der Waals surface area contributed by atoms with Crippen LogP contribution in [0.5, 0.6) is 0 Å². The molecule has 1 atom stereocenters. The molecule has 19 heavy (non-hydrogen) atoms. The van der Waals surface area contributed by atoms with Crippen LogP contribution in [-0.4, -0.2) is 7.05 Å². The van der Waals surface area contributed by atoms with E-state index in [2.05, 4.69) is 25.2 Å². The second kappa shape index (κ2) is 9.19. The van der Waals surface area contributed by atoms with Crippen molar-refractivity contribution in [3.8, 4) is 0 Å². The molecule has 2 heteroatoms. The summed E-state index contributed by atoms with van der Waals surface area (Å²) < 4.78 is 5.63. The first-order chi connectivity index (χ1) is 9.19. The van der Waals surface area contributed by atoms with Crippen molar-refractivity contribution in [3.05, 3.63) is 23.2 Å². The molecule has 2 nitrogen and oxygen atoms in total. The van der Waals surface area contributed by atoms with Crippen LogP contribution in [-0.2, 0) is 0 Å². The summed E-state index contributed by atoms with van der Waals surface area (Å²) in [7, 11) is 2.05. The molecule has 0 aliphatic carbocycles. The van der Waals surface area contributed by atoms with E-state index in [-0.39, 0.29) is 0 Å². The number of nitrogens with one attached hydrogen (secondary N) is 1. The number of furan rings is 1. The normalized spacial score (nSPS) is 12.8. The predicted molar refractivity (Wildman–Crippen MR) is 82.6 cm³/mol. The van der Waals surface area contributed by atoms with Crippen molar-refractivity contribution in [1.82, 2.24) is 5.32 Å². The highest BCUT2D eigenvalue weighted by Gasteiger charge is 2.14. The summed E-state index contributed by atoms with van der Waals surface area (Å²) in [5.41, 5.74) is 1.34. The van der Waals surface area contributed by atoms with Gasteiger partial charge in [-0.2, -0.15) is 0 Å². The van der Waals surface area contributed by atoms with Gasteiger partial charge in [0, 0.05) is 11.6 Å². The lowest BCUT2D eigenvalue weighted by molar-refractivity contribution is 0.469. The number of unbranched alkanes of at least 4 members (excludes halogenated alkanes) is 6. The van der Waals surface area contributed by atoms with E-state index in [0.29, 0.717) is 6.04 Å². The summed E-state index contributed by atoms with van der Waals surface area (Å²) in [5.74, 6) is 2.09. The summed E-state index contributed by atoms with van der Waals surface area (Å²) in [4.78, 5) is 0. The number of hydrogen-bond donors (Lipinski definition) is 1. The van der Waals surface area contributed by atoms with E-state index >= 15 is 0 Å². The maximum atomic E-state index is 5.63. The van der Waals surface area contributed by atoms with Gasteiger partial charge >= 0.3 is 0 Å². The van der Waals surface area contributed by atoms with E-state index in [9.17, 15) is 0 Å². The summed E-state index contributed by atoms with van der Waals surface area (Å²) in [5, 5.41) is 3.42. The molecule has 1 unspecified atom stereocenters. The van der Waals surface area contributed by atoms with Crippen LogP contribution in [0.2, 0.25) is 0 Å². The Balaban J connectivity index is 2.24. The first-order valence-electron chi connectivity index (χ1n) is 7.93. The first kappa shape index (κ1) is 16.3. The molecule has 1 rings (SSSR count). The Bertz CT molecular complexity index is 343. The van der Waals surface area contributed by atoms with Crippen LogP contribution in [0, 0.1) is 13.8 Å². The maximum absolute atomic E-state index is 5.63. The topological polar surface area (TPSA) is 25.2 Å². The van der Waals surface area contributed by atoms with Crippen LogP contribution in [0.3, 0.4) is 0 Å². The SMILES string of the molecule is CCCCCCCCCC(NC)c1cc(C)oc1C. The predicted octanol–water partition coefficient (Wildman–Crippen LogP) is 5.30. The number of aryl methyl sites for hydroxylation is 2. The molecule has 0 fully saturated rings. The third kappa shape index (κ3) is 5.82. The zero-order valence-corrected chi connectivity index (χ0v) is 13.2. The highest BCUT2D eigenvalue weighted by molar-refractivity contribution is 5.23. The van der Waals surface area contributed by atoms with Gasteiger partial charge in [-0.15, -0.1) is 0 Å². The monoisotopic (exact) mass is 265 g/mol. The zero-order valence-electron chi connectivity index (χ0n) is 13.2. The Morgan fingerprint density at radius 1 is 1.05 bits per heavy atom. The molecule has 0 aliphatic heterocycles. The third-order valence-electron chi connectivity index (χ3n) is 3.90. The highest BCUT2D eigenvalue weighted by atomic mass is 16.3. The molecule has 1 aromatic heterocycles. The van der Waals surface area contributed by atoms with Gasteiger partial charge in [-0.3, -0.25) is 0 Å². The molecule has 1 aromatic rings. The summed E-state index contributed by atoms with van der Waals surface area (Å²) in [6.07, 6.45) is 10.8. The van der Waals surface area contributed by atoms with Gasteiger partial charge in [-0.25, -0.2) is 0 Å². The molecule has 0 aliphatic rings. The molecule has 0 aromatic carbocycles. The van der Waals surface area contributed by atoms with Crippen molar-refractivity contribution in [2.75, 3.05) is 7.05 Å². The quantitative estimate of drug-likeness (QED) is 0.581. The van der Waals surface area contributed by atoms with Gasteiger partial charge in [0.05, 0.1) is 0 Å². The highest BCUT2D eigenvalue weighted by Crippen LogP contribution is 2.25. The molecule has 0 saturated carbocycles. The fourth-order valence-electron chi connectivity index (χ4n) is 2.76. The average molecular weight is 265 g/mol. The average Bonchev–Trinajstić information content (AvgIpc) is 2.72. The van der Waals surface area contributed by atoms with Crippen LogP contribution in [0.25, 0.3) is 0 Å². The van der Waals surface area contributed by atoms with E-state index < -0.39 is 0 Å².